The Morgan fingerprint density at radius 2 is 0.955 bits per heavy atom. The first-order valence-electron chi connectivity index (χ1n) is 14.8. The number of aliphatic hydroxyl groups is 2. The van der Waals surface area contributed by atoms with E-state index in [0.717, 1.165) is 22.3 Å². The van der Waals surface area contributed by atoms with Crippen molar-refractivity contribution in [1.29, 1.82) is 0 Å². The Morgan fingerprint density at radius 1 is 0.568 bits per heavy atom. The van der Waals surface area contributed by atoms with Gasteiger partial charge in [0.25, 0.3) is 0 Å². The molecular weight excluding hydrogens is 579 g/mol. The molecule has 4 aromatic rings. The lowest BCUT2D eigenvalue weighted by atomic mass is 9.96. The van der Waals surface area contributed by atoms with Crippen molar-refractivity contribution in [3.05, 3.63) is 144 Å². The van der Waals surface area contributed by atoms with Gasteiger partial charge in [0, 0.05) is 0 Å². The summed E-state index contributed by atoms with van der Waals surface area (Å²) in [5, 5.41) is 22.6. The number of hydrogen-bond acceptors (Lipinski definition) is 8. The van der Waals surface area contributed by atoms with Crippen LogP contribution in [0.3, 0.4) is 0 Å². The molecule has 4 aromatic carbocycles. The van der Waals surface area contributed by atoms with Crippen LogP contribution >= 0.6 is 7.60 Å². The van der Waals surface area contributed by atoms with Gasteiger partial charge in [0.2, 0.25) is 0 Å². The molecule has 0 saturated carbocycles. The molecule has 2 N–H and O–H groups in total. The Balaban J connectivity index is 1.28. The second kappa shape index (κ2) is 16.2. The zero-order chi connectivity index (χ0) is 30.6. The molecule has 1 heterocycles. The van der Waals surface area contributed by atoms with Gasteiger partial charge in [-0.05, 0) is 28.7 Å². The molecule has 9 heteroatoms. The molecule has 1 aliphatic heterocycles. The van der Waals surface area contributed by atoms with E-state index in [9.17, 15) is 14.8 Å². The second-order valence-corrected chi connectivity index (χ2v) is 12.9. The summed E-state index contributed by atoms with van der Waals surface area (Å²) in [6, 6.07) is 38.0. The summed E-state index contributed by atoms with van der Waals surface area (Å²) in [6.45, 7) is 0.597. The quantitative estimate of drug-likeness (QED) is 0.151. The molecule has 0 bridgehead atoms. The van der Waals surface area contributed by atoms with Gasteiger partial charge in [-0.1, -0.05) is 121 Å². The highest BCUT2D eigenvalue weighted by Crippen LogP contribution is 2.51. The summed E-state index contributed by atoms with van der Waals surface area (Å²) < 4.78 is 43.9. The van der Waals surface area contributed by atoms with Gasteiger partial charge in [-0.2, -0.15) is 0 Å². The first-order valence-corrected chi connectivity index (χ1v) is 16.5. The molecule has 0 unspecified atom stereocenters. The summed E-state index contributed by atoms with van der Waals surface area (Å²) in [5.74, 6) is 0. The molecule has 232 valence electrons. The summed E-state index contributed by atoms with van der Waals surface area (Å²) >= 11 is 0. The minimum atomic E-state index is -3.66. The van der Waals surface area contributed by atoms with Crippen molar-refractivity contribution in [2.24, 2.45) is 0 Å². The lowest BCUT2D eigenvalue weighted by molar-refractivity contribution is -0.303. The highest BCUT2D eigenvalue weighted by atomic mass is 31.2. The van der Waals surface area contributed by atoms with Crippen LogP contribution < -0.4 is 0 Å². The normalized spacial score (nSPS) is 22.1. The molecule has 1 aliphatic rings. The average molecular weight is 619 g/mol. The van der Waals surface area contributed by atoms with Gasteiger partial charge in [-0.15, -0.1) is 0 Å². The number of rotatable bonds is 15. The lowest BCUT2D eigenvalue weighted by Crippen LogP contribution is -2.59. The molecule has 5 rings (SSSR count). The van der Waals surface area contributed by atoms with Crippen molar-refractivity contribution < 1.29 is 38.0 Å². The van der Waals surface area contributed by atoms with Crippen molar-refractivity contribution in [3.8, 4) is 0 Å². The van der Waals surface area contributed by atoms with Crippen LogP contribution in [0.2, 0.25) is 0 Å². The van der Waals surface area contributed by atoms with E-state index in [2.05, 4.69) is 0 Å². The van der Waals surface area contributed by atoms with E-state index in [0.29, 0.717) is 0 Å². The van der Waals surface area contributed by atoms with Crippen LogP contribution in [-0.4, -0.2) is 47.1 Å². The SMILES string of the molecule is O=P(CC[C@H]1O[C@H](O)[C@@H](OCc2ccccc2)[C@@H](OCc2ccccc2)[C@@H]1O)(OCc1ccccc1)OCc1ccccc1. The molecule has 0 spiro atoms. The Morgan fingerprint density at radius 3 is 1.39 bits per heavy atom. The predicted molar refractivity (Wildman–Crippen MR) is 166 cm³/mol. The van der Waals surface area contributed by atoms with Crippen molar-refractivity contribution in [2.45, 2.75) is 63.6 Å². The minimum absolute atomic E-state index is 0.0396. The van der Waals surface area contributed by atoms with Crippen LogP contribution in [0, 0.1) is 0 Å². The van der Waals surface area contributed by atoms with E-state index < -0.39 is 38.3 Å². The lowest BCUT2D eigenvalue weighted by Gasteiger charge is -2.42. The largest absolute Gasteiger partial charge is 0.388 e. The maximum absolute atomic E-state index is 14.0. The van der Waals surface area contributed by atoms with E-state index in [4.69, 9.17) is 23.3 Å². The Labute approximate surface area is 258 Å². The third-order valence-electron chi connectivity index (χ3n) is 7.44. The fraction of sp³-hybridized carbons (Fsp3) is 0.314. The van der Waals surface area contributed by atoms with Gasteiger partial charge in [0.05, 0.1) is 38.7 Å². The molecule has 0 aromatic heterocycles. The first-order chi connectivity index (χ1) is 21.5. The third-order valence-corrected chi connectivity index (χ3v) is 9.29. The fourth-order valence-corrected chi connectivity index (χ4v) is 6.59. The van der Waals surface area contributed by atoms with Crippen molar-refractivity contribution in [3.63, 3.8) is 0 Å². The minimum Gasteiger partial charge on any atom is -0.388 e. The van der Waals surface area contributed by atoms with Gasteiger partial charge >= 0.3 is 7.60 Å². The van der Waals surface area contributed by atoms with Crippen molar-refractivity contribution >= 4 is 7.60 Å². The van der Waals surface area contributed by atoms with Crippen LogP contribution in [0.25, 0.3) is 0 Å². The van der Waals surface area contributed by atoms with E-state index in [1.165, 1.54) is 0 Å². The fourth-order valence-electron chi connectivity index (χ4n) is 4.99. The van der Waals surface area contributed by atoms with Gasteiger partial charge in [-0.25, -0.2) is 0 Å². The third kappa shape index (κ3) is 9.41. The first kappa shape index (κ1) is 32.2. The molecule has 44 heavy (non-hydrogen) atoms. The van der Waals surface area contributed by atoms with Crippen LogP contribution in [0.5, 0.6) is 0 Å². The summed E-state index contributed by atoms with van der Waals surface area (Å²) in [5.41, 5.74) is 3.53. The summed E-state index contributed by atoms with van der Waals surface area (Å²) in [7, 11) is -3.66. The van der Waals surface area contributed by atoms with E-state index in [-0.39, 0.29) is 39.0 Å². The van der Waals surface area contributed by atoms with Crippen LogP contribution in [0.1, 0.15) is 28.7 Å². The Hall–Kier alpha value is -3.17. The monoisotopic (exact) mass is 618 g/mol. The molecule has 1 saturated heterocycles. The highest BCUT2D eigenvalue weighted by Gasteiger charge is 2.47. The van der Waals surface area contributed by atoms with Crippen molar-refractivity contribution in [2.75, 3.05) is 6.16 Å². The van der Waals surface area contributed by atoms with Gasteiger partial charge in [0.15, 0.2) is 6.29 Å². The second-order valence-electron chi connectivity index (χ2n) is 10.7. The van der Waals surface area contributed by atoms with Crippen LogP contribution in [0.15, 0.2) is 121 Å². The Kier molecular flexibility index (Phi) is 11.9. The number of ether oxygens (including phenoxy) is 3. The van der Waals surface area contributed by atoms with E-state index in [1.807, 2.05) is 121 Å². The summed E-state index contributed by atoms with van der Waals surface area (Å²) in [6.07, 6.45) is -5.29. The molecule has 0 radical (unpaired) electrons. The van der Waals surface area contributed by atoms with E-state index in [1.54, 1.807) is 0 Å². The maximum atomic E-state index is 14.0. The zero-order valence-corrected chi connectivity index (χ0v) is 25.4. The molecule has 1 fully saturated rings. The van der Waals surface area contributed by atoms with Gasteiger partial charge < -0.3 is 33.5 Å². The van der Waals surface area contributed by atoms with E-state index >= 15 is 0 Å². The molecule has 8 nitrogen and oxygen atoms in total. The molecular formula is C35H39O8P. The van der Waals surface area contributed by atoms with Crippen molar-refractivity contribution in [1.82, 2.24) is 0 Å². The van der Waals surface area contributed by atoms with Gasteiger partial charge in [0.1, 0.15) is 18.3 Å². The number of benzene rings is 4. The van der Waals surface area contributed by atoms with Crippen LogP contribution in [-0.2, 0) is 54.3 Å². The average Bonchev–Trinajstić information content (AvgIpc) is 3.07. The molecule has 5 atom stereocenters. The smallest absolute Gasteiger partial charge is 0.331 e. The topological polar surface area (TPSA) is 104 Å². The highest BCUT2D eigenvalue weighted by molar-refractivity contribution is 7.53. The molecule has 0 amide bonds. The predicted octanol–water partition coefficient (Wildman–Crippen LogP) is 6.25. The maximum Gasteiger partial charge on any atom is 0.331 e. The van der Waals surface area contributed by atoms with Gasteiger partial charge in [-0.3, -0.25) is 4.57 Å². The van der Waals surface area contributed by atoms with Crippen LogP contribution in [0.4, 0.5) is 0 Å². The number of aliphatic hydroxyl groups excluding tert-OH is 2. The molecule has 0 aliphatic carbocycles. The zero-order valence-electron chi connectivity index (χ0n) is 24.5. The number of hydrogen-bond donors (Lipinski definition) is 2. The standard InChI is InChI=1S/C35H39O8P/c36-32-31(21-22-44(38,41-25-29-17-9-3-10-18-29)42-26-30-19-11-4-12-20-30)43-35(37)34(40-24-28-15-7-2-8-16-28)33(32)39-23-27-13-5-1-6-14-27/h1-20,31-37H,21-26H2/t31-,32-,33+,34+,35+/m1/s1. The summed E-state index contributed by atoms with van der Waals surface area (Å²) in [4.78, 5) is 0. The Bertz CT molecular complexity index is 1380.